The van der Waals surface area contributed by atoms with Crippen LogP contribution in [0, 0.1) is 5.92 Å². The average molecular weight is 354 g/mol. The number of amides is 1. The van der Waals surface area contributed by atoms with Gasteiger partial charge in [-0.2, -0.15) is 0 Å². The summed E-state index contributed by atoms with van der Waals surface area (Å²) in [5, 5.41) is 3.11. The summed E-state index contributed by atoms with van der Waals surface area (Å²) in [7, 11) is 0. The Balaban J connectivity index is 1.28. The number of benzene rings is 1. The normalized spacial score (nSPS) is 21.5. The van der Waals surface area contributed by atoms with E-state index >= 15 is 0 Å². The average Bonchev–Trinajstić information content (AvgIpc) is 3.21. The first-order chi connectivity index (χ1) is 12.8. The molecule has 0 spiro atoms. The summed E-state index contributed by atoms with van der Waals surface area (Å²) < 4.78 is 13.1. The van der Waals surface area contributed by atoms with Crippen LogP contribution < -0.4 is 14.8 Å². The van der Waals surface area contributed by atoms with Crippen molar-refractivity contribution in [1.82, 2.24) is 19.8 Å². The molecule has 1 aromatic carbocycles. The molecule has 3 aliphatic rings. The van der Waals surface area contributed by atoms with Gasteiger partial charge in [0, 0.05) is 38.3 Å². The number of nitrogens with one attached hydrogen (secondary N) is 1. The van der Waals surface area contributed by atoms with Crippen molar-refractivity contribution in [3.63, 3.8) is 0 Å². The number of nitrogens with zero attached hydrogens (tertiary/aromatic N) is 3. The molecule has 0 saturated heterocycles. The second kappa shape index (κ2) is 6.32. The Hall–Kier alpha value is -2.54. The van der Waals surface area contributed by atoms with Crippen molar-refractivity contribution in [1.29, 1.82) is 0 Å². The standard InChI is InChI=1S/C19H22N4O3/c24-19(14-2-3-14)21-7-16-10-22(9-15-6-20-11-23(15)16)8-13-1-4-17-18(5-13)26-12-25-17/h1,4-6,11,14,16H,2-3,7-10,12H2,(H,21,24). The Kier molecular flexibility index (Phi) is 3.81. The number of carbonyl (C=O) groups excluding carboxylic acids is 1. The summed E-state index contributed by atoms with van der Waals surface area (Å²) in [6.45, 7) is 3.50. The number of hydrogen-bond donors (Lipinski definition) is 1. The molecule has 5 rings (SSSR count). The smallest absolute Gasteiger partial charge is 0.231 e. The fraction of sp³-hybridized carbons (Fsp3) is 0.474. The number of rotatable bonds is 5. The number of hydrogen-bond acceptors (Lipinski definition) is 5. The van der Waals surface area contributed by atoms with Gasteiger partial charge < -0.3 is 19.4 Å². The van der Waals surface area contributed by atoms with Crippen LogP contribution in [0.15, 0.2) is 30.7 Å². The Morgan fingerprint density at radius 1 is 1.27 bits per heavy atom. The lowest BCUT2D eigenvalue weighted by Crippen LogP contribution is -2.42. The van der Waals surface area contributed by atoms with E-state index < -0.39 is 0 Å². The van der Waals surface area contributed by atoms with E-state index in [0.29, 0.717) is 13.3 Å². The zero-order chi connectivity index (χ0) is 17.5. The highest BCUT2D eigenvalue weighted by Gasteiger charge is 2.31. The summed E-state index contributed by atoms with van der Waals surface area (Å²) in [6, 6.07) is 6.32. The number of aromatic nitrogens is 2. The van der Waals surface area contributed by atoms with E-state index in [0.717, 1.165) is 44.0 Å². The van der Waals surface area contributed by atoms with E-state index in [1.807, 2.05) is 18.6 Å². The topological polar surface area (TPSA) is 68.6 Å². The van der Waals surface area contributed by atoms with Gasteiger partial charge in [0.05, 0.1) is 18.1 Å². The molecule has 1 saturated carbocycles. The van der Waals surface area contributed by atoms with E-state index in [9.17, 15) is 4.79 Å². The number of carbonyl (C=O) groups is 1. The van der Waals surface area contributed by atoms with Crippen molar-refractivity contribution >= 4 is 5.91 Å². The number of ether oxygens (including phenoxy) is 2. The van der Waals surface area contributed by atoms with Crippen molar-refractivity contribution < 1.29 is 14.3 Å². The van der Waals surface area contributed by atoms with Gasteiger partial charge in [-0.25, -0.2) is 4.98 Å². The summed E-state index contributed by atoms with van der Waals surface area (Å²) in [5.41, 5.74) is 2.38. The lowest BCUT2D eigenvalue weighted by atomic mass is 10.1. The number of imidazole rings is 1. The maximum absolute atomic E-state index is 12.0. The van der Waals surface area contributed by atoms with Crippen LogP contribution in [-0.4, -0.2) is 40.2 Å². The third-order valence-corrected chi connectivity index (χ3v) is 5.30. The molecular formula is C19H22N4O3. The Morgan fingerprint density at radius 2 is 2.15 bits per heavy atom. The van der Waals surface area contributed by atoms with Crippen LogP contribution >= 0.6 is 0 Å². The molecule has 2 aromatic rings. The Morgan fingerprint density at radius 3 is 3.04 bits per heavy atom. The summed E-state index contributed by atoms with van der Waals surface area (Å²) in [4.78, 5) is 18.7. The van der Waals surface area contributed by atoms with Crippen LogP contribution in [-0.2, 0) is 17.9 Å². The molecule has 7 nitrogen and oxygen atoms in total. The van der Waals surface area contributed by atoms with Crippen molar-refractivity contribution in [3.05, 3.63) is 42.0 Å². The molecular weight excluding hydrogens is 332 g/mol. The molecule has 1 aliphatic carbocycles. The molecule has 1 N–H and O–H groups in total. The molecule has 0 bridgehead atoms. The summed E-state index contributed by atoms with van der Waals surface area (Å²) in [5.74, 6) is 2.06. The quantitative estimate of drug-likeness (QED) is 0.885. The predicted octanol–water partition coefficient (Wildman–Crippen LogP) is 1.69. The molecule has 2 aliphatic heterocycles. The van der Waals surface area contributed by atoms with E-state index in [-0.39, 0.29) is 17.9 Å². The number of fused-ring (bicyclic) bond motifs is 2. The van der Waals surface area contributed by atoms with Crippen molar-refractivity contribution in [2.75, 3.05) is 19.9 Å². The highest BCUT2D eigenvalue weighted by Crippen LogP contribution is 2.33. The minimum Gasteiger partial charge on any atom is -0.454 e. The van der Waals surface area contributed by atoms with E-state index in [4.69, 9.17) is 9.47 Å². The van der Waals surface area contributed by atoms with Gasteiger partial charge in [-0.1, -0.05) is 6.07 Å². The van der Waals surface area contributed by atoms with Gasteiger partial charge in [-0.15, -0.1) is 0 Å². The SMILES string of the molecule is O=C(NCC1CN(Cc2ccc3c(c2)OCO3)Cc2cncn21)C1CC1. The Bertz CT molecular complexity index is 830. The maximum atomic E-state index is 12.0. The van der Waals surface area contributed by atoms with Gasteiger partial charge in [0.15, 0.2) is 11.5 Å². The van der Waals surface area contributed by atoms with Gasteiger partial charge in [-0.3, -0.25) is 9.69 Å². The molecule has 26 heavy (non-hydrogen) atoms. The summed E-state index contributed by atoms with van der Waals surface area (Å²) >= 11 is 0. The monoisotopic (exact) mass is 354 g/mol. The predicted molar refractivity (Wildman–Crippen MR) is 93.7 cm³/mol. The van der Waals surface area contributed by atoms with Gasteiger partial charge in [0.2, 0.25) is 12.7 Å². The van der Waals surface area contributed by atoms with E-state index in [1.54, 1.807) is 0 Å². The van der Waals surface area contributed by atoms with Crippen molar-refractivity contribution in [3.8, 4) is 11.5 Å². The van der Waals surface area contributed by atoms with Crippen LogP contribution in [0.4, 0.5) is 0 Å². The molecule has 1 unspecified atom stereocenters. The van der Waals surface area contributed by atoms with Gasteiger partial charge in [-0.05, 0) is 30.5 Å². The highest BCUT2D eigenvalue weighted by atomic mass is 16.7. The molecule has 136 valence electrons. The van der Waals surface area contributed by atoms with Crippen LogP contribution in [0.25, 0.3) is 0 Å². The fourth-order valence-electron chi connectivity index (χ4n) is 3.75. The molecule has 7 heteroatoms. The van der Waals surface area contributed by atoms with Crippen molar-refractivity contribution in [2.24, 2.45) is 5.92 Å². The molecule has 3 heterocycles. The summed E-state index contributed by atoms with van der Waals surface area (Å²) in [6.07, 6.45) is 5.86. The first-order valence-corrected chi connectivity index (χ1v) is 9.15. The van der Waals surface area contributed by atoms with Crippen molar-refractivity contribution in [2.45, 2.75) is 32.0 Å². The van der Waals surface area contributed by atoms with E-state index in [1.165, 1.54) is 11.3 Å². The molecule has 1 amide bonds. The lowest BCUT2D eigenvalue weighted by Gasteiger charge is -2.34. The largest absolute Gasteiger partial charge is 0.454 e. The zero-order valence-electron chi connectivity index (χ0n) is 14.6. The highest BCUT2D eigenvalue weighted by molar-refractivity contribution is 5.80. The van der Waals surface area contributed by atoms with Gasteiger partial charge >= 0.3 is 0 Å². The Labute approximate surface area is 151 Å². The molecule has 1 atom stereocenters. The van der Waals surface area contributed by atoms with Crippen LogP contribution in [0.1, 0.15) is 30.1 Å². The molecule has 1 aromatic heterocycles. The second-order valence-electron chi connectivity index (χ2n) is 7.32. The third kappa shape index (κ3) is 3.03. The first-order valence-electron chi connectivity index (χ1n) is 9.15. The van der Waals surface area contributed by atoms with Crippen LogP contribution in [0.2, 0.25) is 0 Å². The molecule has 0 radical (unpaired) electrons. The maximum Gasteiger partial charge on any atom is 0.231 e. The first kappa shape index (κ1) is 15.7. The lowest BCUT2D eigenvalue weighted by molar-refractivity contribution is -0.122. The van der Waals surface area contributed by atoms with E-state index in [2.05, 4.69) is 31.9 Å². The minimum absolute atomic E-state index is 0.194. The van der Waals surface area contributed by atoms with Crippen LogP contribution in [0.5, 0.6) is 11.5 Å². The minimum atomic E-state index is 0.194. The third-order valence-electron chi connectivity index (χ3n) is 5.30. The molecule has 1 fully saturated rings. The van der Waals surface area contributed by atoms with Crippen LogP contribution in [0.3, 0.4) is 0 Å². The zero-order valence-corrected chi connectivity index (χ0v) is 14.6. The second-order valence-corrected chi connectivity index (χ2v) is 7.32. The van der Waals surface area contributed by atoms with Gasteiger partial charge in [0.1, 0.15) is 0 Å². The fourth-order valence-corrected chi connectivity index (χ4v) is 3.75. The van der Waals surface area contributed by atoms with Gasteiger partial charge in [0.25, 0.3) is 0 Å².